The second-order valence-electron chi connectivity index (χ2n) is 5.17. The predicted molar refractivity (Wildman–Crippen MR) is 79.0 cm³/mol. The van der Waals surface area contributed by atoms with Crippen molar-refractivity contribution in [2.75, 3.05) is 13.2 Å². The van der Waals surface area contributed by atoms with Crippen LogP contribution in [-0.4, -0.2) is 46.2 Å². The van der Waals surface area contributed by atoms with E-state index < -0.39 is 5.97 Å². The van der Waals surface area contributed by atoms with Crippen molar-refractivity contribution in [3.8, 4) is 0 Å². The molecule has 1 aliphatic rings. The maximum Gasteiger partial charge on any atom is 0.328 e. The third-order valence-electron chi connectivity index (χ3n) is 3.86. The summed E-state index contributed by atoms with van der Waals surface area (Å²) in [4.78, 5) is 24.9. The first kappa shape index (κ1) is 15.3. The molecular formula is C16H19NO4. The molecule has 0 aromatic heterocycles. The second-order valence-corrected chi connectivity index (χ2v) is 5.17. The van der Waals surface area contributed by atoms with Crippen LogP contribution in [0.3, 0.4) is 0 Å². The van der Waals surface area contributed by atoms with Crippen LogP contribution in [0.15, 0.2) is 24.3 Å². The van der Waals surface area contributed by atoms with Gasteiger partial charge in [-0.1, -0.05) is 12.1 Å². The molecule has 2 rings (SSSR count). The van der Waals surface area contributed by atoms with Gasteiger partial charge in [0.1, 0.15) is 0 Å². The number of amides is 1. The highest BCUT2D eigenvalue weighted by Crippen LogP contribution is 2.23. The van der Waals surface area contributed by atoms with E-state index in [9.17, 15) is 14.7 Å². The van der Waals surface area contributed by atoms with E-state index in [1.165, 1.54) is 6.08 Å². The monoisotopic (exact) mass is 289 g/mol. The third-order valence-corrected chi connectivity index (χ3v) is 3.86. The summed E-state index contributed by atoms with van der Waals surface area (Å²) < 4.78 is 0. The standard InChI is InChI=1S/C16H19NO4/c1-11-12(7-8-15(19)20)4-2-6-14(11)16(21)17-9-3-5-13(17)10-18/h2,4,6-8,13,18H,3,5,9-10H2,1H3,(H,19,20). The van der Waals surface area contributed by atoms with Crippen molar-refractivity contribution in [1.82, 2.24) is 4.90 Å². The van der Waals surface area contributed by atoms with Gasteiger partial charge in [-0.05, 0) is 43.0 Å². The van der Waals surface area contributed by atoms with Gasteiger partial charge in [0.25, 0.3) is 5.91 Å². The summed E-state index contributed by atoms with van der Waals surface area (Å²) in [7, 11) is 0. The normalized spacial score (nSPS) is 18.4. The SMILES string of the molecule is Cc1c(C=CC(=O)O)cccc1C(=O)N1CCCC1CO. The van der Waals surface area contributed by atoms with Gasteiger partial charge in [0.15, 0.2) is 0 Å². The van der Waals surface area contributed by atoms with Crippen molar-refractivity contribution in [2.24, 2.45) is 0 Å². The van der Waals surface area contributed by atoms with Gasteiger partial charge in [-0.3, -0.25) is 4.79 Å². The van der Waals surface area contributed by atoms with Gasteiger partial charge in [0, 0.05) is 18.2 Å². The molecule has 1 unspecified atom stereocenters. The average Bonchev–Trinajstić information content (AvgIpc) is 2.93. The summed E-state index contributed by atoms with van der Waals surface area (Å²) in [6.07, 6.45) is 4.26. The Morgan fingerprint density at radius 1 is 1.43 bits per heavy atom. The minimum absolute atomic E-state index is 0.0244. The van der Waals surface area contributed by atoms with E-state index in [0.29, 0.717) is 17.7 Å². The first-order valence-electron chi connectivity index (χ1n) is 6.97. The van der Waals surface area contributed by atoms with Gasteiger partial charge in [0.05, 0.1) is 12.6 Å². The van der Waals surface area contributed by atoms with Crippen molar-refractivity contribution in [1.29, 1.82) is 0 Å². The number of carboxylic acids is 1. The molecule has 1 fully saturated rings. The lowest BCUT2D eigenvalue weighted by Gasteiger charge is -2.24. The van der Waals surface area contributed by atoms with Crippen LogP contribution in [0.25, 0.3) is 6.08 Å². The Morgan fingerprint density at radius 2 is 2.19 bits per heavy atom. The molecule has 112 valence electrons. The quantitative estimate of drug-likeness (QED) is 0.827. The highest BCUT2D eigenvalue weighted by atomic mass is 16.4. The Bertz CT molecular complexity index is 580. The Hall–Kier alpha value is -2.14. The third kappa shape index (κ3) is 3.31. The van der Waals surface area contributed by atoms with Crippen LogP contribution in [0.2, 0.25) is 0 Å². The number of hydrogen-bond acceptors (Lipinski definition) is 3. The molecule has 1 saturated heterocycles. The fourth-order valence-electron chi connectivity index (χ4n) is 2.67. The zero-order valence-corrected chi connectivity index (χ0v) is 12.0. The molecule has 0 bridgehead atoms. The van der Waals surface area contributed by atoms with Gasteiger partial charge >= 0.3 is 5.97 Å². The van der Waals surface area contributed by atoms with E-state index in [0.717, 1.165) is 24.5 Å². The summed E-state index contributed by atoms with van der Waals surface area (Å²) in [5.41, 5.74) is 2.02. The molecule has 5 heteroatoms. The molecule has 1 aromatic carbocycles. The Labute approximate surface area is 123 Å². The summed E-state index contributed by atoms with van der Waals surface area (Å²) in [6, 6.07) is 5.14. The molecule has 0 saturated carbocycles. The molecule has 1 amide bonds. The average molecular weight is 289 g/mol. The van der Waals surface area contributed by atoms with E-state index in [1.54, 1.807) is 30.0 Å². The summed E-state index contributed by atoms with van der Waals surface area (Å²) in [6.45, 7) is 2.43. The molecule has 1 heterocycles. The molecular weight excluding hydrogens is 270 g/mol. The number of aliphatic hydroxyl groups excluding tert-OH is 1. The predicted octanol–water partition coefficient (Wildman–Crippen LogP) is 1.69. The van der Waals surface area contributed by atoms with E-state index in [-0.39, 0.29) is 18.6 Å². The molecule has 1 atom stereocenters. The maximum atomic E-state index is 12.6. The van der Waals surface area contributed by atoms with Crippen LogP contribution in [-0.2, 0) is 4.79 Å². The van der Waals surface area contributed by atoms with Crippen LogP contribution >= 0.6 is 0 Å². The van der Waals surface area contributed by atoms with Crippen molar-refractivity contribution < 1.29 is 19.8 Å². The van der Waals surface area contributed by atoms with E-state index in [2.05, 4.69) is 0 Å². The lowest BCUT2D eigenvalue weighted by Crippen LogP contribution is -2.38. The van der Waals surface area contributed by atoms with Gasteiger partial charge in [0.2, 0.25) is 0 Å². The highest BCUT2D eigenvalue weighted by Gasteiger charge is 2.29. The van der Waals surface area contributed by atoms with Crippen molar-refractivity contribution in [3.05, 3.63) is 41.0 Å². The molecule has 0 radical (unpaired) electrons. The molecule has 1 aromatic rings. The number of carbonyl (C=O) groups excluding carboxylic acids is 1. The minimum atomic E-state index is -1.02. The van der Waals surface area contributed by atoms with Crippen LogP contribution in [0, 0.1) is 6.92 Å². The van der Waals surface area contributed by atoms with Crippen molar-refractivity contribution >= 4 is 18.0 Å². The fourth-order valence-corrected chi connectivity index (χ4v) is 2.67. The van der Waals surface area contributed by atoms with Crippen LogP contribution in [0.4, 0.5) is 0 Å². The van der Waals surface area contributed by atoms with Gasteiger partial charge in [-0.25, -0.2) is 4.79 Å². The Kier molecular flexibility index (Phi) is 4.75. The number of rotatable bonds is 4. The first-order valence-corrected chi connectivity index (χ1v) is 6.97. The zero-order chi connectivity index (χ0) is 15.4. The number of carbonyl (C=O) groups is 2. The number of aliphatic hydroxyl groups is 1. The molecule has 5 nitrogen and oxygen atoms in total. The summed E-state index contributed by atoms with van der Waals surface area (Å²) in [5, 5.41) is 18.0. The van der Waals surface area contributed by atoms with Crippen LogP contribution in [0.1, 0.15) is 34.3 Å². The van der Waals surface area contributed by atoms with Crippen LogP contribution in [0.5, 0.6) is 0 Å². The minimum Gasteiger partial charge on any atom is -0.478 e. The first-order chi connectivity index (χ1) is 10.0. The fraction of sp³-hybridized carbons (Fsp3) is 0.375. The Morgan fingerprint density at radius 3 is 2.86 bits per heavy atom. The van der Waals surface area contributed by atoms with Gasteiger partial charge < -0.3 is 15.1 Å². The maximum absolute atomic E-state index is 12.6. The van der Waals surface area contributed by atoms with Gasteiger partial charge in [-0.2, -0.15) is 0 Å². The smallest absolute Gasteiger partial charge is 0.328 e. The van der Waals surface area contributed by atoms with Gasteiger partial charge in [-0.15, -0.1) is 0 Å². The van der Waals surface area contributed by atoms with Crippen LogP contribution < -0.4 is 0 Å². The van der Waals surface area contributed by atoms with E-state index >= 15 is 0 Å². The molecule has 0 aliphatic carbocycles. The number of likely N-dealkylation sites (tertiary alicyclic amines) is 1. The summed E-state index contributed by atoms with van der Waals surface area (Å²) in [5.74, 6) is -1.12. The number of hydrogen-bond donors (Lipinski definition) is 2. The topological polar surface area (TPSA) is 77.8 Å². The number of aliphatic carboxylic acids is 1. The molecule has 1 aliphatic heterocycles. The second kappa shape index (κ2) is 6.54. The van der Waals surface area contributed by atoms with E-state index in [1.807, 2.05) is 0 Å². The molecule has 2 N–H and O–H groups in total. The number of nitrogens with zero attached hydrogens (tertiary/aromatic N) is 1. The molecule has 21 heavy (non-hydrogen) atoms. The number of benzene rings is 1. The lowest BCUT2D eigenvalue weighted by atomic mass is 10.0. The number of carboxylic acid groups (broad SMARTS) is 1. The Balaban J connectivity index is 2.29. The highest BCUT2D eigenvalue weighted by molar-refractivity contribution is 5.97. The van der Waals surface area contributed by atoms with Crippen molar-refractivity contribution in [3.63, 3.8) is 0 Å². The van der Waals surface area contributed by atoms with Crippen molar-refractivity contribution in [2.45, 2.75) is 25.8 Å². The summed E-state index contributed by atoms with van der Waals surface area (Å²) >= 11 is 0. The lowest BCUT2D eigenvalue weighted by molar-refractivity contribution is -0.131. The van der Waals surface area contributed by atoms with E-state index in [4.69, 9.17) is 5.11 Å². The largest absolute Gasteiger partial charge is 0.478 e. The zero-order valence-electron chi connectivity index (χ0n) is 12.0. The molecule has 0 spiro atoms.